The highest BCUT2D eigenvalue weighted by Crippen LogP contribution is 2.40. The third-order valence-corrected chi connectivity index (χ3v) is 2.40. The lowest BCUT2D eigenvalue weighted by Gasteiger charge is -2.36. The Bertz CT molecular complexity index is 152. The number of hydrogen-bond acceptors (Lipinski definition) is 2. The highest BCUT2D eigenvalue weighted by Gasteiger charge is 2.38. The van der Waals surface area contributed by atoms with Crippen molar-refractivity contribution in [3.8, 4) is 0 Å². The number of carbonyl (C=O) groups excluding carboxylic acids is 1. The second-order valence-corrected chi connectivity index (χ2v) is 3.39. The van der Waals surface area contributed by atoms with Crippen molar-refractivity contribution in [3.05, 3.63) is 0 Å². The Morgan fingerprint density at radius 2 is 2.27 bits per heavy atom. The highest BCUT2D eigenvalue weighted by atomic mass is 16.3. The number of aliphatic hydroxyl groups excluding tert-OH is 1. The van der Waals surface area contributed by atoms with Crippen LogP contribution in [0.5, 0.6) is 0 Å². The molecular weight excluding hydrogens is 142 g/mol. The maximum atomic E-state index is 11.3. The summed E-state index contributed by atoms with van der Waals surface area (Å²) in [5.41, 5.74) is -0.130. The molecule has 1 rings (SSSR count). The van der Waals surface area contributed by atoms with Crippen molar-refractivity contribution in [3.63, 3.8) is 0 Å². The van der Waals surface area contributed by atoms with Crippen LogP contribution in [-0.2, 0) is 4.79 Å². The summed E-state index contributed by atoms with van der Waals surface area (Å²) in [5.74, 6) is 0.0952. The fraction of sp³-hybridized carbons (Fsp3) is 0.875. The van der Waals surface area contributed by atoms with Gasteiger partial charge < -0.3 is 10.4 Å². The van der Waals surface area contributed by atoms with Crippen molar-refractivity contribution in [2.75, 3.05) is 13.2 Å². The quantitative estimate of drug-likeness (QED) is 0.618. The topological polar surface area (TPSA) is 49.3 Å². The highest BCUT2D eigenvalue weighted by molar-refractivity contribution is 5.82. The normalized spacial score (nSPS) is 20.5. The van der Waals surface area contributed by atoms with Crippen LogP contribution in [0.4, 0.5) is 0 Å². The maximum Gasteiger partial charge on any atom is 0.226 e. The lowest BCUT2D eigenvalue weighted by Crippen LogP contribution is -2.44. The van der Waals surface area contributed by atoms with Gasteiger partial charge in [-0.1, -0.05) is 13.3 Å². The van der Waals surface area contributed by atoms with E-state index in [1.165, 1.54) is 0 Å². The number of aliphatic hydroxyl groups is 1. The van der Waals surface area contributed by atoms with Crippen molar-refractivity contribution in [2.45, 2.75) is 26.2 Å². The minimum absolute atomic E-state index is 0.0296. The Morgan fingerprint density at radius 1 is 1.64 bits per heavy atom. The van der Waals surface area contributed by atoms with Gasteiger partial charge in [0.2, 0.25) is 5.91 Å². The summed E-state index contributed by atoms with van der Waals surface area (Å²) in [7, 11) is 0. The molecule has 0 spiro atoms. The maximum absolute atomic E-state index is 11.3. The molecule has 3 nitrogen and oxygen atoms in total. The van der Waals surface area contributed by atoms with E-state index in [1.807, 2.05) is 6.92 Å². The Kier molecular flexibility index (Phi) is 2.49. The smallest absolute Gasteiger partial charge is 0.226 e. The average molecular weight is 157 g/mol. The zero-order valence-electron chi connectivity index (χ0n) is 6.89. The first-order valence-corrected chi connectivity index (χ1v) is 4.08. The van der Waals surface area contributed by atoms with Crippen LogP contribution in [0.3, 0.4) is 0 Å². The molecule has 0 aromatic carbocycles. The van der Waals surface area contributed by atoms with Crippen molar-refractivity contribution in [2.24, 2.45) is 5.41 Å². The van der Waals surface area contributed by atoms with Crippen LogP contribution in [-0.4, -0.2) is 24.2 Å². The lowest BCUT2D eigenvalue weighted by molar-refractivity contribution is -0.134. The zero-order valence-corrected chi connectivity index (χ0v) is 6.89. The molecule has 0 bridgehead atoms. The third kappa shape index (κ3) is 1.71. The SMILES string of the molecule is CC1(C(=O)NCCO)CCC1. The molecule has 0 aromatic rings. The molecule has 0 heterocycles. The van der Waals surface area contributed by atoms with E-state index >= 15 is 0 Å². The van der Waals surface area contributed by atoms with Gasteiger partial charge in [-0.3, -0.25) is 4.79 Å². The van der Waals surface area contributed by atoms with Gasteiger partial charge in [0.1, 0.15) is 0 Å². The summed E-state index contributed by atoms with van der Waals surface area (Å²) in [5, 5.41) is 11.1. The standard InChI is InChI=1S/C8H15NO2/c1-8(3-2-4-8)7(11)9-5-6-10/h10H,2-6H2,1H3,(H,9,11). The molecule has 0 saturated heterocycles. The van der Waals surface area contributed by atoms with E-state index in [4.69, 9.17) is 5.11 Å². The van der Waals surface area contributed by atoms with E-state index < -0.39 is 0 Å². The molecular formula is C8H15NO2. The predicted octanol–water partition coefficient (Wildman–Crippen LogP) is 0.285. The minimum atomic E-state index is -0.130. The van der Waals surface area contributed by atoms with Crippen LogP contribution in [0.1, 0.15) is 26.2 Å². The van der Waals surface area contributed by atoms with Crippen molar-refractivity contribution < 1.29 is 9.90 Å². The molecule has 2 N–H and O–H groups in total. The van der Waals surface area contributed by atoms with E-state index in [0.29, 0.717) is 6.54 Å². The Labute approximate surface area is 66.8 Å². The largest absolute Gasteiger partial charge is 0.395 e. The van der Waals surface area contributed by atoms with E-state index in [-0.39, 0.29) is 17.9 Å². The molecule has 1 saturated carbocycles. The van der Waals surface area contributed by atoms with Gasteiger partial charge in [-0.2, -0.15) is 0 Å². The Balaban J connectivity index is 2.28. The molecule has 0 radical (unpaired) electrons. The molecule has 1 aliphatic rings. The van der Waals surface area contributed by atoms with Gasteiger partial charge >= 0.3 is 0 Å². The summed E-state index contributed by atoms with van der Waals surface area (Å²) >= 11 is 0. The van der Waals surface area contributed by atoms with Crippen molar-refractivity contribution in [1.82, 2.24) is 5.32 Å². The van der Waals surface area contributed by atoms with Gasteiger partial charge in [0, 0.05) is 12.0 Å². The van der Waals surface area contributed by atoms with Gasteiger partial charge in [-0.05, 0) is 12.8 Å². The summed E-state index contributed by atoms with van der Waals surface area (Å²) in [4.78, 5) is 11.3. The van der Waals surface area contributed by atoms with Gasteiger partial charge in [0.05, 0.1) is 6.61 Å². The van der Waals surface area contributed by atoms with E-state index in [0.717, 1.165) is 19.3 Å². The number of nitrogens with one attached hydrogen (secondary N) is 1. The minimum Gasteiger partial charge on any atom is -0.395 e. The van der Waals surface area contributed by atoms with Crippen LogP contribution < -0.4 is 5.32 Å². The Morgan fingerprint density at radius 3 is 2.64 bits per heavy atom. The molecule has 0 unspecified atom stereocenters. The first-order valence-electron chi connectivity index (χ1n) is 4.08. The number of carbonyl (C=O) groups is 1. The first kappa shape index (κ1) is 8.53. The van der Waals surface area contributed by atoms with E-state index in [2.05, 4.69) is 5.32 Å². The lowest BCUT2D eigenvalue weighted by atomic mass is 9.70. The number of hydrogen-bond donors (Lipinski definition) is 2. The monoisotopic (exact) mass is 157 g/mol. The fourth-order valence-corrected chi connectivity index (χ4v) is 1.32. The van der Waals surface area contributed by atoms with Crippen LogP contribution in [0.2, 0.25) is 0 Å². The average Bonchev–Trinajstić information content (AvgIpc) is 1.95. The summed E-state index contributed by atoms with van der Waals surface area (Å²) in [6, 6.07) is 0. The molecule has 11 heavy (non-hydrogen) atoms. The van der Waals surface area contributed by atoms with Gasteiger partial charge in [0.15, 0.2) is 0 Å². The molecule has 64 valence electrons. The molecule has 1 fully saturated rings. The van der Waals surface area contributed by atoms with E-state index in [1.54, 1.807) is 0 Å². The zero-order chi connectivity index (χ0) is 8.32. The van der Waals surface area contributed by atoms with Crippen LogP contribution in [0, 0.1) is 5.41 Å². The number of rotatable bonds is 3. The third-order valence-electron chi connectivity index (χ3n) is 2.40. The molecule has 1 amide bonds. The summed E-state index contributed by atoms with van der Waals surface area (Å²) in [6.07, 6.45) is 3.14. The van der Waals surface area contributed by atoms with Crippen LogP contribution in [0.15, 0.2) is 0 Å². The van der Waals surface area contributed by atoms with Gasteiger partial charge in [-0.25, -0.2) is 0 Å². The van der Waals surface area contributed by atoms with Crippen LogP contribution in [0.25, 0.3) is 0 Å². The molecule has 3 heteroatoms. The van der Waals surface area contributed by atoms with Crippen molar-refractivity contribution >= 4 is 5.91 Å². The Hall–Kier alpha value is -0.570. The van der Waals surface area contributed by atoms with E-state index in [9.17, 15) is 4.79 Å². The molecule has 0 atom stereocenters. The summed E-state index contributed by atoms with van der Waals surface area (Å²) in [6.45, 7) is 2.39. The fourth-order valence-electron chi connectivity index (χ4n) is 1.32. The van der Waals surface area contributed by atoms with Gasteiger partial charge in [-0.15, -0.1) is 0 Å². The molecule has 1 aliphatic carbocycles. The second-order valence-electron chi connectivity index (χ2n) is 3.39. The molecule has 0 aliphatic heterocycles. The van der Waals surface area contributed by atoms with Gasteiger partial charge in [0.25, 0.3) is 0 Å². The first-order chi connectivity index (χ1) is 5.19. The number of amides is 1. The molecule has 0 aromatic heterocycles. The van der Waals surface area contributed by atoms with Crippen LogP contribution >= 0.6 is 0 Å². The predicted molar refractivity (Wildman–Crippen MR) is 42.1 cm³/mol. The van der Waals surface area contributed by atoms with Crippen molar-refractivity contribution in [1.29, 1.82) is 0 Å². The summed E-state index contributed by atoms with van der Waals surface area (Å²) < 4.78 is 0. The second kappa shape index (κ2) is 3.22.